The average Bonchev–Trinajstić information content (AvgIpc) is 2.95. The van der Waals surface area contributed by atoms with Crippen LogP contribution in [-0.4, -0.2) is 35.9 Å². The summed E-state index contributed by atoms with van der Waals surface area (Å²) >= 11 is 0. The van der Waals surface area contributed by atoms with Gasteiger partial charge in [-0.3, -0.25) is 4.79 Å². The van der Waals surface area contributed by atoms with Crippen LogP contribution in [0.25, 0.3) is 0 Å². The third kappa shape index (κ3) is 5.42. The molecule has 0 spiro atoms. The van der Waals surface area contributed by atoms with Crippen LogP contribution in [0.4, 0.5) is 5.82 Å². The summed E-state index contributed by atoms with van der Waals surface area (Å²) in [7, 11) is 0. The molecule has 1 aromatic heterocycles. The van der Waals surface area contributed by atoms with Crippen LogP contribution in [0.3, 0.4) is 0 Å². The van der Waals surface area contributed by atoms with Crippen LogP contribution >= 0.6 is 12.4 Å². The van der Waals surface area contributed by atoms with E-state index in [4.69, 9.17) is 10.5 Å². The van der Waals surface area contributed by atoms with Crippen molar-refractivity contribution in [2.24, 2.45) is 0 Å². The Morgan fingerprint density at radius 1 is 1.30 bits per heavy atom. The number of carbonyl (C=O) groups is 1. The molecule has 0 fully saturated rings. The van der Waals surface area contributed by atoms with Crippen molar-refractivity contribution in [3.05, 3.63) is 35.5 Å². The number of amides is 1. The Hall–Kier alpha value is -2.32. The second kappa shape index (κ2) is 9.65. The maximum absolute atomic E-state index is 11.7. The smallest absolute Gasteiger partial charge is 0.277 e. The average molecular weight is 342 g/mol. The van der Waals surface area contributed by atoms with Crippen LogP contribution in [0.2, 0.25) is 0 Å². The minimum atomic E-state index is -0.407. The monoisotopic (exact) mass is 341 g/mol. The quantitative estimate of drug-likeness (QED) is 0.613. The second-order valence-corrected chi connectivity index (χ2v) is 4.47. The number of benzene rings is 1. The zero-order chi connectivity index (χ0) is 15.8. The van der Waals surface area contributed by atoms with Crippen LogP contribution < -0.4 is 21.1 Å². The summed E-state index contributed by atoms with van der Waals surface area (Å²) in [6.45, 7) is 4.25. The lowest BCUT2D eigenvalue weighted by Gasteiger charge is -2.11. The lowest BCUT2D eigenvalue weighted by Crippen LogP contribution is -2.32. The Morgan fingerprint density at radius 2 is 2.09 bits per heavy atom. The number of hydrogen-bond donors (Lipinski definition) is 3. The molecule has 0 radical (unpaired) electrons. The van der Waals surface area contributed by atoms with Gasteiger partial charge in [-0.25, -0.2) is 4.63 Å². The third-order valence-corrected chi connectivity index (χ3v) is 2.90. The maximum Gasteiger partial charge on any atom is 0.277 e. The van der Waals surface area contributed by atoms with Crippen LogP contribution in [0, 0.1) is 0 Å². The van der Waals surface area contributed by atoms with Crippen LogP contribution in [0.15, 0.2) is 28.9 Å². The molecule has 126 valence electrons. The van der Waals surface area contributed by atoms with Gasteiger partial charge < -0.3 is 21.1 Å². The number of rotatable bonds is 8. The van der Waals surface area contributed by atoms with Gasteiger partial charge in [0.05, 0.1) is 6.61 Å². The van der Waals surface area contributed by atoms with Gasteiger partial charge in [0.15, 0.2) is 0 Å². The highest BCUT2D eigenvalue weighted by atomic mass is 35.5. The molecule has 23 heavy (non-hydrogen) atoms. The lowest BCUT2D eigenvalue weighted by atomic mass is 10.2. The molecule has 1 amide bonds. The first-order chi connectivity index (χ1) is 10.7. The predicted octanol–water partition coefficient (Wildman–Crippen LogP) is 0.992. The molecular weight excluding hydrogens is 322 g/mol. The highest BCUT2D eigenvalue weighted by molar-refractivity contribution is 5.95. The van der Waals surface area contributed by atoms with Crippen molar-refractivity contribution in [2.45, 2.75) is 13.5 Å². The van der Waals surface area contributed by atoms with Crippen molar-refractivity contribution < 1.29 is 14.2 Å². The fourth-order valence-corrected chi connectivity index (χ4v) is 1.87. The lowest BCUT2D eigenvalue weighted by molar-refractivity contribution is 0.0944. The minimum Gasteiger partial charge on any atom is -0.494 e. The fourth-order valence-electron chi connectivity index (χ4n) is 1.87. The Balaban J connectivity index is 0.00000264. The number of aromatic nitrogens is 2. The molecule has 8 nitrogen and oxygen atoms in total. The number of para-hydroxylation sites is 1. The molecule has 0 atom stereocenters. The number of hydrogen-bond acceptors (Lipinski definition) is 7. The van der Waals surface area contributed by atoms with E-state index in [0.717, 1.165) is 11.3 Å². The standard InChI is InChI=1S/C14H19N5O3.ClH/c1-2-21-11-6-4-3-5-10(11)9-16-7-8-17-14(20)12-13(15)19-22-18-12;/h3-6,16H,2,7-9H2,1H3,(H2,15,19)(H,17,20);1H. The molecule has 9 heteroatoms. The molecule has 2 aromatic rings. The van der Waals surface area contributed by atoms with Crippen LogP contribution in [-0.2, 0) is 6.54 Å². The van der Waals surface area contributed by atoms with E-state index >= 15 is 0 Å². The Labute approximate surface area is 140 Å². The van der Waals surface area contributed by atoms with E-state index in [1.807, 2.05) is 31.2 Å². The van der Waals surface area contributed by atoms with E-state index in [9.17, 15) is 4.79 Å². The molecule has 1 aromatic carbocycles. The number of anilines is 1. The number of halogens is 1. The third-order valence-electron chi connectivity index (χ3n) is 2.90. The van der Waals surface area contributed by atoms with Crippen molar-refractivity contribution in [3.8, 4) is 5.75 Å². The topological polar surface area (TPSA) is 115 Å². The van der Waals surface area contributed by atoms with E-state index in [0.29, 0.717) is 26.2 Å². The van der Waals surface area contributed by atoms with Crippen molar-refractivity contribution in [1.82, 2.24) is 20.9 Å². The van der Waals surface area contributed by atoms with Crippen LogP contribution in [0.5, 0.6) is 5.75 Å². The summed E-state index contributed by atoms with van der Waals surface area (Å²) in [5.74, 6) is 0.439. The Morgan fingerprint density at radius 3 is 2.78 bits per heavy atom. The molecule has 0 unspecified atom stereocenters. The molecule has 0 aliphatic rings. The summed E-state index contributed by atoms with van der Waals surface area (Å²) in [5, 5.41) is 12.7. The minimum absolute atomic E-state index is 0. The molecule has 0 bridgehead atoms. The second-order valence-electron chi connectivity index (χ2n) is 4.47. The molecule has 2 rings (SSSR count). The number of nitrogen functional groups attached to an aromatic ring is 1. The van der Waals surface area contributed by atoms with Gasteiger partial charge >= 0.3 is 0 Å². The number of carbonyl (C=O) groups excluding carboxylic acids is 1. The van der Waals surface area contributed by atoms with Gasteiger partial charge in [0.2, 0.25) is 11.5 Å². The fraction of sp³-hybridized carbons (Fsp3) is 0.357. The van der Waals surface area contributed by atoms with Crippen molar-refractivity contribution in [1.29, 1.82) is 0 Å². The first-order valence-electron chi connectivity index (χ1n) is 7.00. The summed E-state index contributed by atoms with van der Waals surface area (Å²) in [6.07, 6.45) is 0. The summed E-state index contributed by atoms with van der Waals surface area (Å²) in [5.41, 5.74) is 6.51. The van der Waals surface area contributed by atoms with Gasteiger partial charge in [0, 0.05) is 25.2 Å². The van der Waals surface area contributed by atoms with Gasteiger partial charge in [-0.2, -0.15) is 0 Å². The van der Waals surface area contributed by atoms with Gasteiger partial charge in [0.1, 0.15) is 5.75 Å². The highest BCUT2D eigenvalue weighted by Gasteiger charge is 2.14. The largest absolute Gasteiger partial charge is 0.494 e. The van der Waals surface area contributed by atoms with Crippen molar-refractivity contribution in [2.75, 3.05) is 25.4 Å². The first-order valence-corrected chi connectivity index (χ1v) is 7.00. The van der Waals surface area contributed by atoms with E-state index in [-0.39, 0.29) is 23.9 Å². The summed E-state index contributed by atoms with van der Waals surface area (Å²) < 4.78 is 9.92. The van der Waals surface area contributed by atoms with Crippen LogP contribution in [0.1, 0.15) is 23.0 Å². The number of nitrogens with two attached hydrogens (primary N) is 1. The SMILES string of the molecule is CCOc1ccccc1CNCCNC(=O)c1nonc1N.Cl. The highest BCUT2D eigenvalue weighted by Crippen LogP contribution is 2.17. The number of nitrogens with zero attached hydrogens (tertiary/aromatic N) is 2. The van der Waals surface area contributed by atoms with Gasteiger partial charge in [-0.15, -0.1) is 12.4 Å². The van der Waals surface area contributed by atoms with E-state index in [1.54, 1.807) is 0 Å². The molecule has 0 saturated heterocycles. The zero-order valence-electron chi connectivity index (χ0n) is 12.7. The Kier molecular flexibility index (Phi) is 7.86. The summed E-state index contributed by atoms with van der Waals surface area (Å²) in [4.78, 5) is 11.7. The Bertz CT molecular complexity index is 620. The van der Waals surface area contributed by atoms with Gasteiger partial charge in [-0.05, 0) is 23.3 Å². The van der Waals surface area contributed by atoms with Crippen molar-refractivity contribution >= 4 is 24.1 Å². The summed E-state index contributed by atoms with van der Waals surface area (Å²) in [6, 6.07) is 7.83. The maximum atomic E-state index is 11.7. The molecule has 1 heterocycles. The van der Waals surface area contributed by atoms with E-state index < -0.39 is 5.91 Å². The molecule has 0 aliphatic carbocycles. The number of nitrogens with one attached hydrogen (secondary N) is 2. The first kappa shape index (κ1) is 18.7. The van der Waals surface area contributed by atoms with Crippen molar-refractivity contribution in [3.63, 3.8) is 0 Å². The molecule has 4 N–H and O–H groups in total. The number of ether oxygens (including phenoxy) is 1. The molecule has 0 aliphatic heterocycles. The zero-order valence-corrected chi connectivity index (χ0v) is 13.6. The van der Waals surface area contributed by atoms with E-state index in [1.165, 1.54) is 0 Å². The van der Waals surface area contributed by atoms with Gasteiger partial charge in [-0.1, -0.05) is 18.2 Å². The molecule has 0 saturated carbocycles. The predicted molar refractivity (Wildman–Crippen MR) is 87.6 cm³/mol. The van der Waals surface area contributed by atoms with Gasteiger partial charge in [0.25, 0.3) is 5.91 Å². The normalized spacial score (nSPS) is 9.96. The van der Waals surface area contributed by atoms with E-state index in [2.05, 4.69) is 25.6 Å². The molecular formula is C14H20ClN5O3.